The number of aryl methyl sites for hydroxylation is 2. The summed E-state index contributed by atoms with van der Waals surface area (Å²) in [7, 11) is 3.44. The minimum Gasteiger partial charge on any atom is -0.467 e. The largest absolute Gasteiger partial charge is 0.467 e. The van der Waals surface area contributed by atoms with Gasteiger partial charge in [-0.05, 0) is 70.1 Å². The summed E-state index contributed by atoms with van der Waals surface area (Å²) >= 11 is 1.43. The van der Waals surface area contributed by atoms with E-state index in [4.69, 9.17) is 25.9 Å². The lowest BCUT2D eigenvalue weighted by molar-refractivity contribution is 0.101. The highest BCUT2D eigenvalue weighted by Gasteiger charge is 2.47. The van der Waals surface area contributed by atoms with Crippen molar-refractivity contribution >= 4 is 33.3 Å². The number of carbonyl (C=O) groups is 1. The molecule has 0 amide bonds. The van der Waals surface area contributed by atoms with E-state index >= 15 is 0 Å². The van der Waals surface area contributed by atoms with Crippen LogP contribution in [-0.4, -0.2) is 74.9 Å². The first-order valence-corrected chi connectivity index (χ1v) is 17.0. The average molecular weight is 663 g/mol. The van der Waals surface area contributed by atoms with Gasteiger partial charge in [0.15, 0.2) is 11.2 Å². The smallest absolute Gasteiger partial charge is 0.330 e. The molecule has 4 aliphatic rings. The molecule has 5 atom stereocenters. The van der Waals surface area contributed by atoms with Gasteiger partial charge in [0.25, 0.3) is 0 Å². The van der Waals surface area contributed by atoms with Crippen LogP contribution in [0.2, 0.25) is 0 Å². The van der Waals surface area contributed by atoms with Crippen LogP contribution >= 0.6 is 11.3 Å². The van der Waals surface area contributed by atoms with Crippen LogP contribution in [0.4, 0.5) is 9.39 Å². The van der Waals surface area contributed by atoms with E-state index < -0.39 is 23.5 Å². The highest BCUT2D eigenvalue weighted by Crippen LogP contribution is 2.53. The second-order valence-corrected chi connectivity index (χ2v) is 14.3. The number of likely N-dealkylation sites (N-methyl/N-ethyl adjacent to an activating group) is 1. The standard InChI is InChI=1S/C33H39FN8O4S/c1-4-22(21-13-17(34)15-40(21)2)46-31-25-30(42(32(44)41(25)3)18-9-12-45-16-18)38-29(39-31)26(43)19-7-5-10-33(27(19)36)11-6-8-23-24(33)20(14-35)28(37)47-23/h4,17-18,21-22H,1,5-13,15-16,36-37H2,2-3H3/t17-,18+,21-,22-,33-/m0/s1. The average Bonchev–Trinajstić information content (AvgIpc) is 3.83. The van der Waals surface area contributed by atoms with Crippen LogP contribution < -0.4 is 21.9 Å². The first kappa shape index (κ1) is 31.5. The van der Waals surface area contributed by atoms with Gasteiger partial charge in [0.1, 0.15) is 23.3 Å². The molecule has 2 aliphatic carbocycles. The summed E-state index contributed by atoms with van der Waals surface area (Å²) in [6, 6.07) is 1.69. The molecule has 248 valence electrons. The number of nitrogens with zero attached hydrogens (tertiary/aromatic N) is 6. The van der Waals surface area contributed by atoms with E-state index in [-0.39, 0.29) is 48.1 Å². The Kier molecular flexibility index (Phi) is 7.97. The Morgan fingerprint density at radius 1 is 1.28 bits per heavy atom. The minimum absolute atomic E-state index is 0.0400. The van der Waals surface area contributed by atoms with Crippen molar-refractivity contribution in [1.29, 1.82) is 5.26 Å². The highest BCUT2D eigenvalue weighted by atomic mass is 32.1. The summed E-state index contributed by atoms with van der Waals surface area (Å²) in [6.07, 6.45) is 4.93. The van der Waals surface area contributed by atoms with Gasteiger partial charge in [-0.2, -0.15) is 10.2 Å². The molecule has 0 radical (unpaired) electrons. The number of likely N-dealkylation sites (tertiary alicyclic amines) is 1. The fraction of sp³-hybridized carbons (Fsp3) is 0.545. The monoisotopic (exact) mass is 662 g/mol. The molecule has 12 nitrogen and oxygen atoms in total. The third kappa shape index (κ3) is 4.89. The number of rotatable bonds is 7. The van der Waals surface area contributed by atoms with Crippen LogP contribution in [-0.2, 0) is 23.6 Å². The van der Waals surface area contributed by atoms with Crippen LogP contribution in [0.5, 0.6) is 5.88 Å². The maximum atomic E-state index is 14.5. The molecular formula is C33H39FN8O4S. The van der Waals surface area contributed by atoms with Gasteiger partial charge in [0, 0.05) is 41.8 Å². The van der Waals surface area contributed by atoms with Crippen molar-refractivity contribution in [2.24, 2.45) is 12.8 Å². The zero-order chi connectivity index (χ0) is 33.2. The number of carbonyl (C=O) groups excluding carboxylic acids is 1. The van der Waals surface area contributed by atoms with Crippen LogP contribution in [0.15, 0.2) is 28.7 Å². The number of imidazole rings is 1. The quantitative estimate of drug-likeness (QED) is 0.283. The van der Waals surface area contributed by atoms with Crippen LogP contribution in [0, 0.1) is 11.3 Å². The summed E-state index contributed by atoms with van der Waals surface area (Å²) < 4.78 is 29.4. The molecule has 47 heavy (non-hydrogen) atoms. The van der Waals surface area contributed by atoms with Gasteiger partial charge in [-0.1, -0.05) is 6.58 Å². The number of halogens is 1. The maximum Gasteiger partial charge on any atom is 0.330 e. The Morgan fingerprint density at radius 3 is 2.70 bits per heavy atom. The molecule has 2 saturated heterocycles. The van der Waals surface area contributed by atoms with Crippen LogP contribution in [0.3, 0.4) is 0 Å². The molecule has 0 unspecified atom stereocenters. The van der Waals surface area contributed by atoms with E-state index in [9.17, 15) is 19.2 Å². The fourth-order valence-electron chi connectivity index (χ4n) is 8.21. The first-order valence-electron chi connectivity index (χ1n) is 16.1. The topological polar surface area (TPSA) is 167 Å². The number of hydrogen-bond acceptors (Lipinski definition) is 11. The molecular weight excluding hydrogens is 623 g/mol. The Hall–Kier alpha value is -4.06. The van der Waals surface area contributed by atoms with Crippen molar-refractivity contribution in [2.75, 3.05) is 32.5 Å². The molecule has 2 fully saturated rings. The number of anilines is 1. The van der Waals surface area contributed by atoms with E-state index in [0.29, 0.717) is 72.7 Å². The van der Waals surface area contributed by atoms with Gasteiger partial charge in [-0.15, -0.1) is 11.3 Å². The number of hydrogen-bond donors (Lipinski definition) is 2. The second kappa shape index (κ2) is 11.9. The molecule has 14 heteroatoms. The third-order valence-corrected chi connectivity index (χ3v) is 11.6. The van der Waals surface area contributed by atoms with E-state index in [1.165, 1.54) is 15.9 Å². The number of alkyl halides is 1. The Bertz CT molecular complexity index is 1920. The summed E-state index contributed by atoms with van der Waals surface area (Å²) in [4.78, 5) is 40.5. The number of Topliss-reactive ketones (excluding diaryl/α,β-unsaturated/α-hetero) is 1. The normalized spacial score (nSPS) is 26.9. The fourth-order valence-corrected chi connectivity index (χ4v) is 9.38. The summed E-state index contributed by atoms with van der Waals surface area (Å²) in [5, 5.41) is 10.5. The first-order chi connectivity index (χ1) is 22.6. The minimum atomic E-state index is -1.01. The lowest BCUT2D eigenvalue weighted by Gasteiger charge is -2.42. The zero-order valence-electron chi connectivity index (χ0n) is 26.6. The number of aromatic nitrogens is 4. The molecule has 1 spiro atoms. The van der Waals surface area contributed by atoms with E-state index in [1.807, 2.05) is 11.9 Å². The van der Waals surface area contributed by atoms with Crippen molar-refractivity contribution < 1.29 is 18.7 Å². The highest BCUT2D eigenvalue weighted by molar-refractivity contribution is 7.16. The van der Waals surface area contributed by atoms with Gasteiger partial charge in [-0.25, -0.2) is 14.2 Å². The van der Waals surface area contributed by atoms with Crippen molar-refractivity contribution in [3.05, 3.63) is 56.2 Å². The van der Waals surface area contributed by atoms with Gasteiger partial charge in [-0.3, -0.25) is 18.8 Å². The molecule has 0 saturated carbocycles. The van der Waals surface area contributed by atoms with Crippen molar-refractivity contribution in [3.63, 3.8) is 0 Å². The number of ether oxygens (including phenoxy) is 2. The van der Waals surface area contributed by atoms with Crippen molar-refractivity contribution in [2.45, 2.75) is 81.1 Å². The number of allylic oxidation sites excluding steroid dienone is 2. The maximum absolute atomic E-state index is 14.5. The second-order valence-electron chi connectivity index (χ2n) is 13.2. The predicted octanol–water partition coefficient (Wildman–Crippen LogP) is 3.44. The van der Waals surface area contributed by atoms with Crippen LogP contribution in [0.25, 0.3) is 11.2 Å². The summed E-state index contributed by atoms with van der Waals surface area (Å²) in [5.41, 5.74) is 15.0. The van der Waals surface area contributed by atoms with E-state index in [2.05, 4.69) is 17.6 Å². The third-order valence-electron chi connectivity index (χ3n) is 10.5. The van der Waals surface area contributed by atoms with E-state index in [1.54, 1.807) is 17.7 Å². The molecule has 4 N–H and O–H groups in total. The number of nitrogen functional groups attached to an aromatic ring is 1. The Morgan fingerprint density at radius 2 is 2.04 bits per heavy atom. The van der Waals surface area contributed by atoms with Gasteiger partial charge in [0.2, 0.25) is 17.5 Å². The van der Waals surface area contributed by atoms with Crippen LogP contribution in [0.1, 0.15) is 77.6 Å². The number of thiophene rings is 1. The number of nitrogens with two attached hydrogens (primary N) is 2. The molecule has 0 bridgehead atoms. The zero-order valence-corrected chi connectivity index (χ0v) is 27.4. The van der Waals surface area contributed by atoms with Crippen molar-refractivity contribution in [3.8, 4) is 11.9 Å². The number of nitriles is 1. The molecule has 3 aromatic rings. The number of fused-ring (bicyclic) bond motifs is 3. The Labute approximate surface area is 275 Å². The SMILES string of the molecule is C=C[C@H](Oc1nc(C(=O)C2=C(N)[C@@]3(CCC2)CCCc2sc(N)c(C#N)c23)nc2c1n(C)c(=O)n2[C@@H]1CCOC1)[C@@H]1C[C@H](F)CN1C. The Balaban J connectivity index is 1.38. The molecule has 7 rings (SSSR count). The molecule has 2 aliphatic heterocycles. The van der Waals surface area contributed by atoms with Gasteiger partial charge >= 0.3 is 5.69 Å². The number of ketones is 1. The summed E-state index contributed by atoms with van der Waals surface area (Å²) in [6.45, 7) is 5.03. The summed E-state index contributed by atoms with van der Waals surface area (Å²) in [5.74, 6) is -0.559. The van der Waals surface area contributed by atoms with Crippen molar-refractivity contribution in [1.82, 2.24) is 24.0 Å². The van der Waals surface area contributed by atoms with E-state index in [0.717, 1.165) is 23.3 Å². The van der Waals surface area contributed by atoms with Gasteiger partial charge < -0.3 is 20.9 Å². The predicted molar refractivity (Wildman–Crippen MR) is 175 cm³/mol. The molecule has 0 aromatic carbocycles. The van der Waals surface area contributed by atoms with Gasteiger partial charge in [0.05, 0.1) is 24.3 Å². The molecule has 5 heterocycles. The molecule has 3 aromatic heterocycles. The lowest BCUT2D eigenvalue weighted by Crippen LogP contribution is -2.41. The lowest BCUT2D eigenvalue weighted by atomic mass is 9.62.